The van der Waals surface area contributed by atoms with Crippen LogP contribution in [0.5, 0.6) is 17.4 Å². The molecule has 0 saturated heterocycles. The average Bonchev–Trinajstić information content (AvgIpc) is 2.76. The van der Waals surface area contributed by atoms with Gasteiger partial charge in [0.2, 0.25) is 18.3 Å². The summed E-state index contributed by atoms with van der Waals surface area (Å²) >= 11 is 0. The van der Waals surface area contributed by atoms with Crippen molar-refractivity contribution in [3.8, 4) is 17.4 Å². The van der Waals surface area contributed by atoms with Crippen LogP contribution in [-0.2, 0) is 6.18 Å². The van der Waals surface area contributed by atoms with E-state index in [0.717, 1.165) is 24.3 Å². The number of halogens is 6. The summed E-state index contributed by atoms with van der Waals surface area (Å²) in [5, 5.41) is 11.5. The highest BCUT2D eigenvalue weighted by Crippen LogP contribution is 2.33. The summed E-state index contributed by atoms with van der Waals surface area (Å²) in [7, 11) is 0. The quantitative estimate of drug-likeness (QED) is 0.277. The Morgan fingerprint density at radius 3 is 2.06 bits per heavy atom. The maximum absolute atomic E-state index is 13.1. The van der Waals surface area contributed by atoms with Crippen LogP contribution in [0.4, 0.5) is 32.0 Å². The molecule has 0 saturated carbocycles. The van der Waals surface area contributed by atoms with Crippen LogP contribution in [0.15, 0.2) is 61.1 Å². The normalized spacial score (nSPS) is 11.2. The largest absolute Gasteiger partial charge is 0.573 e. The van der Waals surface area contributed by atoms with Crippen molar-refractivity contribution in [1.82, 2.24) is 4.98 Å². The van der Waals surface area contributed by atoms with Gasteiger partial charge in [0.15, 0.2) is 0 Å². The molecule has 2 aromatic heterocycles. The maximum Gasteiger partial charge on any atom is 0.573 e. The number of benzene rings is 1. The molecule has 2 heterocycles. The Balaban J connectivity index is 0.00000199. The molecule has 0 radical (unpaired) electrons. The fourth-order valence-corrected chi connectivity index (χ4v) is 2.37. The molecule has 7 nitrogen and oxygen atoms in total. The molecule has 1 amide bonds. The number of aromatic nitrogens is 2. The zero-order chi connectivity index (χ0) is 25.5. The van der Waals surface area contributed by atoms with Gasteiger partial charge in [-0.3, -0.25) is 10.0 Å². The van der Waals surface area contributed by atoms with Crippen LogP contribution in [0.25, 0.3) is 0 Å². The molecule has 3 rings (SSSR count). The van der Waals surface area contributed by atoms with Gasteiger partial charge in [-0.1, -0.05) is 13.8 Å². The van der Waals surface area contributed by atoms with Crippen molar-refractivity contribution in [3.05, 3.63) is 72.2 Å². The number of pyridine rings is 2. The van der Waals surface area contributed by atoms with Crippen LogP contribution in [0.1, 0.15) is 29.8 Å². The number of rotatable bonds is 5. The second-order valence-electron chi connectivity index (χ2n) is 6.12. The van der Waals surface area contributed by atoms with Crippen LogP contribution in [-0.4, -0.2) is 22.5 Å². The summed E-state index contributed by atoms with van der Waals surface area (Å²) in [6.45, 7) is 4.00. The van der Waals surface area contributed by atoms with Crippen LogP contribution in [0.3, 0.4) is 0 Å². The van der Waals surface area contributed by atoms with Crippen molar-refractivity contribution < 1.29 is 50.5 Å². The number of nitrogens with zero attached hydrogens (tertiary/aromatic N) is 2. The second-order valence-corrected chi connectivity index (χ2v) is 6.12. The van der Waals surface area contributed by atoms with E-state index in [4.69, 9.17) is 4.74 Å². The molecule has 2 N–H and O–H groups in total. The van der Waals surface area contributed by atoms with E-state index in [1.54, 1.807) is 0 Å². The molecule has 182 valence electrons. The van der Waals surface area contributed by atoms with Gasteiger partial charge in [0, 0.05) is 23.1 Å². The number of carbonyl (C=O) groups is 1. The average molecular weight is 490 g/mol. The summed E-state index contributed by atoms with van der Waals surface area (Å²) in [5.41, 5.74) is -1.65. The van der Waals surface area contributed by atoms with Crippen molar-refractivity contribution in [1.29, 1.82) is 0 Å². The lowest BCUT2D eigenvalue weighted by atomic mass is 10.1. The van der Waals surface area contributed by atoms with E-state index in [2.05, 4.69) is 15.0 Å². The molecule has 0 atom stereocenters. The molecule has 1 aromatic carbocycles. The molecule has 0 aliphatic rings. The Hall–Kier alpha value is -4.03. The lowest BCUT2D eigenvalue weighted by Crippen LogP contribution is -2.28. The fraction of sp³-hybridized carbons (Fsp3) is 0.190. The van der Waals surface area contributed by atoms with Crippen molar-refractivity contribution in [2.75, 3.05) is 5.32 Å². The van der Waals surface area contributed by atoms with Crippen molar-refractivity contribution in [2.24, 2.45) is 0 Å². The lowest BCUT2D eigenvalue weighted by molar-refractivity contribution is -0.904. The smallest absolute Gasteiger partial charge is 0.438 e. The number of alkyl halides is 6. The summed E-state index contributed by atoms with van der Waals surface area (Å²) < 4.78 is 85.7. The van der Waals surface area contributed by atoms with Gasteiger partial charge < -0.3 is 14.8 Å². The zero-order valence-electron chi connectivity index (χ0n) is 17.6. The fourth-order valence-electron chi connectivity index (χ4n) is 2.37. The molecule has 34 heavy (non-hydrogen) atoms. The molecular formula is C21H18F6N3O4+. The maximum atomic E-state index is 13.1. The minimum absolute atomic E-state index is 0.109. The monoisotopic (exact) mass is 490 g/mol. The van der Waals surface area contributed by atoms with Crippen LogP contribution >= 0.6 is 0 Å². The Kier molecular flexibility index (Phi) is 8.27. The first-order valence-corrected chi connectivity index (χ1v) is 9.53. The topological polar surface area (TPSA) is 84.6 Å². The number of anilines is 1. The number of hydrogen-bond donors (Lipinski definition) is 2. The Morgan fingerprint density at radius 2 is 1.53 bits per heavy atom. The van der Waals surface area contributed by atoms with Crippen molar-refractivity contribution in [2.45, 2.75) is 26.4 Å². The molecule has 0 aliphatic heterocycles. The van der Waals surface area contributed by atoms with Crippen LogP contribution in [0, 0.1) is 0 Å². The molecule has 0 fully saturated rings. The van der Waals surface area contributed by atoms with Crippen LogP contribution in [0.2, 0.25) is 0 Å². The van der Waals surface area contributed by atoms with E-state index in [9.17, 15) is 36.3 Å². The van der Waals surface area contributed by atoms with Crippen molar-refractivity contribution in [3.63, 3.8) is 0 Å². The number of amides is 1. The van der Waals surface area contributed by atoms with Gasteiger partial charge in [0.05, 0.1) is 11.3 Å². The van der Waals surface area contributed by atoms with E-state index in [1.807, 2.05) is 13.8 Å². The number of ether oxygens (including phenoxy) is 2. The number of hydrogen-bond acceptors (Lipinski definition) is 5. The van der Waals surface area contributed by atoms with Gasteiger partial charge in [-0.25, -0.2) is 4.98 Å². The Labute approximate surface area is 189 Å². The number of carbonyl (C=O) groups excluding carboxylic acids is 1. The minimum atomic E-state index is -4.91. The number of nitrogens with one attached hydrogen (secondary N) is 1. The third-order valence-corrected chi connectivity index (χ3v) is 3.77. The van der Waals surface area contributed by atoms with Gasteiger partial charge in [-0.15, -0.1) is 13.2 Å². The van der Waals surface area contributed by atoms with Gasteiger partial charge in [0.1, 0.15) is 17.1 Å². The third kappa shape index (κ3) is 7.53. The van der Waals surface area contributed by atoms with Gasteiger partial charge >= 0.3 is 12.5 Å². The molecule has 3 aromatic rings. The molecule has 0 spiro atoms. The van der Waals surface area contributed by atoms with E-state index < -0.39 is 41.2 Å². The lowest BCUT2D eigenvalue weighted by Gasteiger charge is -2.14. The minimum Gasteiger partial charge on any atom is -0.438 e. The summed E-state index contributed by atoms with van der Waals surface area (Å²) in [6.07, 6.45) is -6.92. The summed E-state index contributed by atoms with van der Waals surface area (Å²) in [5.74, 6) is -2.19. The first-order valence-electron chi connectivity index (χ1n) is 9.53. The highest BCUT2D eigenvalue weighted by atomic mass is 19.4. The zero-order valence-corrected chi connectivity index (χ0v) is 17.6. The third-order valence-electron chi connectivity index (χ3n) is 3.77. The standard InChI is InChI=1S/C19H11F6N3O4.C2H6/c20-18(21,22)11-9-15(16(29)27-12-5-7-28(30)8-6-12)17(26-10-11)31-13-1-3-14(4-2-13)32-19(23,24)25;1-2/h1-10,30H;1-2H3/p+1. The molecule has 13 heteroatoms. The van der Waals surface area contributed by atoms with Gasteiger partial charge in [0.25, 0.3) is 5.91 Å². The Morgan fingerprint density at radius 1 is 0.971 bits per heavy atom. The van der Waals surface area contributed by atoms with E-state index in [1.165, 1.54) is 24.5 Å². The molecule has 0 bridgehead atoms. The predicted molar refractivity (Wildman–Crippen MR) is 106 cm³/mol. The summed E-state index contributed by atoms with van der Waals surface area (Å²) in [4.78, 5) is 16.1. The molecular weight excluding hydrogens is 472 g/mol. The highest BCUT2D eigenvalue weighted by Gasteiger charge is 2.33. The first kappa shape index (κ1) is 26.2. The first-order chi connectivity index (χ1) is 15.9. The molecule has 0 aliphatic carbocycles. The second kappa shape index (κ2) is 10.7. The predicted octanol–water partition coefficient (Wildman–Crippen LogP) is 5.59. The van der Waals surface area contributed by atoms with Gasteiger partial charge in [-0.2, -0.15) is 13.2 Å². The highest BCUT2D eigenvalue weighted by molar-refractivity contribution is 6.06. The van der Waals surface area contributed by atoms with Gasteiger partial charge in [-0.05, 0) is 30.3 Å². The SMILES string of the molecule is CC.O=C(Nc1cc[n+](O)cc1)c1cc(C(F)(F)F)cnc1Oc1ccc(OC(F)(F)F)cc1. The van der Waals surface area contributed by atoms with E-state index in [0.29, 0.717) is 17.0 Å². The van der Waals surface area contributed by atoms with Crippen LogP contribution < -0.4 is 19.5 Å². The van der Waals surface area contributed by atoms with E-state index >= 15 is 0 Å². The Bertz CT molecular complexity index is 1100. The van der Waals surface area contributed by atoms with E-state index in [-0.39, 0.29) is 11.4 Å². The molecule has 0 unspecified atom stereocenters. The summed E-state index contributed by atoms with van der Waals surface area (Å²) in [6, 6.07) is 7.02. The van der Waals surface area contributed by atoms with Crippen molar-refractivity contribution >= 4 is 11.6 Å².